The average Bonchev–Trinajstić information content (AvgIpc) is 3.13. The fourth-order valence-electron chi connectivity index (χ4n) is 3.60. The zero-order valence-electron chi connectivity index (χ0n) is 16.7. The summed E-state index contributed by atoms with van der Waals surface area (Å²) in [5.74, 6) is 0.983. The molecule has 1 amide bonds. The lowest BCUT2D eigenvalue weighted by atomic mass is 10.1. The summed E-state index contributed by atoms with van der Waals surface area (Å²) in [5.41, 5.74) is 4.12. The van der Waals surface area contributed by atoms with Crippen molar-refractivity contribution in [2.75, 3.05) is 6.54 Å². The second kappa shape index (κ2) is 9.59. The molecule has 1 aromatic heterocycles. The number of hydrogen-bond donors (Lipinski definition) is 1. The molecule has 30 heavy (non-hydrogen) atoms. The number of nitrogens with one attached hydrogen (secondary N) is 1. The third-order valence-corrected chi connectivity index (χ3v) is 5.42. The number of carbonyl (C=O) groups is 1. The summed E-state index contributed by atoms with van der Waals surface area (Å²) in [6.07, 6.45) is 2.60. The van der Waals surface area contributed by atoms with Gasteiger partial charge >= 0.3 is 0 Å². The molecule has 0 bridgehead atoms. The van der Waals surface area contributed by atoms with Crippen LogP contribution in [0.1, 0.15) is 28.2 Å². The first-order valence-electron chi connectivity index (χ1n) is 10.2. The number of amides is 1. The second-order valence-electron chi connectivity index (χ2n) is 7.27. The maximum absolute atomic E-state index is 12.3. The van der Waals surface area contributed by atoms with Gasteiger partial charge in [0.2, 0.25) is 0 Å². The SMILES string of the molecule is O=C(NCCCc1nc2ccccc2n1CCc1ccccc1)c1ccc(Cl)cc1. The summed E-state index contributed by atoms with van der Waals surface area (Å²) in [6.45, 7) is 1.49. The molecule has 0 unspecified atom stereocenters. The molecule has 0 aliphatic carbocycles. The highest BCUT2D eigenvalue weighted by Crippen LogP contribution is 2.18. The van der Waals surface area contributed by atoms with Gasteiger partial charge in [0, 0.05) is 30.1 Å². The molecule has 1 heterocycles. The lowest BCUT2D eigenvalue weighted by Gasteiger charge is -2.10. The number of imidazole rings is 1. The predicted molar refractivity (Wildman–Crippen MR) is 122 cm³/mol. The highest BCUT2D eigenvalue weighted by molar-refractivity contribution is 6.30. The molecule has 0 aliphatic heterocycles. The Balaban J connectivity index is 1.39. The van der Waals surface area contributed by atoms with E-state index in [4.69, 9.17) is 16.6 Å². The Labute approximate surface area is 181 Å². The van der Waals surface area contributed by atoms with E-state index in [-0.39, 0.29) is 5.91 Å². The monoisotopic (exact) mass is 417 g/mol. The van der Waals surface area contributed by atoms with Crippen molar-refractivity contribution in [3.05, 3.63) is 101 Å². The maximum Gasteiger partial charge on any atom is 0.251 e. The van der Waals surface area contributed by atoms with E-state index in [1.165, 1.54) is 5.56 Å². The van der Waals surface area contributed by atoms with Gasteiger partial charge in [0.05, 0.1) is 11.0 Å². The van der Waals surface area contributed by atoms with Crippen LogP contribution in [-0.4, -0.2) is 22.0 Å². The number of hydrogen-bond acceptors (Lipinski definition) is 2. The van der Waals surface area contributed by atoms with Crippen LogP contribution >= 0.6 is 11.6 Å². The van der Waals surface area contributed by atoms with Gasteiger partial charge in [-0.25, -0.2) is 4.98 Å². The number of benzene rings is 3. The van der Waals surface area contributed by atoms with Crippen LogP contribution in [0, 0.1) is 0 Å². The quantitative estimate of drug-likeness (QED) is 0.396. The van der Waals surface area contributed by atoms with Gasteiger partial charge in [-0.3, -0.25) is 4.79 Å². The highest BCUT2D eigenvalue weighted by atomic mass is 35.5. The zero-order chi connectivity index (χ0) is 20.8. The van der Waals surface area contributed by atoms with Crippen LogP contribution in [0.5, 0.6) is 0 Å². The average molecular weight is 418 g/mol. The normalized spacial score (nSPS) is 11.0. The third kappa shape index (κ3) is 4.89. The number of aromatic nitrogens is 2. The Morgan fingerprint density at radius 3 is 2.43 bits per heavy atom. The fraction of sp³-hybridized carbons (Fsp3) is 0.200. The van der Waals surface area contributed by atoms with Crippen molar-refractivity contribution >= 4 is 28.5 Å². The molecule has 4 nitrogen and oxygen atoms in total. The molecule has 3 aromatic carbocycles. The summed E-state index contributed by atoms with van der Waals surface area (Å²) in [7, 11) is 0. The lowest BCUT2D eigenvalue weighted by molar-refractivity contribution is 0.0953. The van der Waals surface area contributed by atoms with Crippen LogP contribution in [0.15, 0.2) is 78.9 Å². The van der Waals surface area contributed by atoms with E-state index in [0.717, 1.165) is 42.7 Å². The molecule has 0 saturated carbocycles. The first kappa shape index (κ1) is 20.2. The molecule has 0 atom stereocenters. The first-order chi connectivity index (χ1) is 14.7. The molecular weight excluding hydrogens is 394 g/mol. The van der Waals surface area contributed by atoms with Gasteiger partial charge < -0.3 is 9.88 Å². The number of nitrogens with zero attached hydrogens (tertiary/aromatic N) is 2. The van der Waals surface area contributed by atoms with Gasteiger partial charge in [-0.1, -0.05) is 54.1 Å². The predicted octanol–water partition coefficient (Wildman–Crippen LogP) is 5.30. The van der Waals surface area contributed by atoms with Crippen LogP contribution in [0.2, 0.25) is 5.02 Å². The van der Waals surface area contributed by atoms with Gasteiger partial charge in [0.1, 0.15) is 5.82 Å². The van der Waals surface area contributed by atoms with Gasteiger partial charge in [0.25, 0.3) is 5.91 Å². The van der Waals surface area contributed by atoms with E-state index in [1.807, 2.05) is 12.1 Å². The van der Waals surface area contributed by atoms with Crippen molar-refractivity contribution in [3.8, 4) is 0 Å². The minimum atomic E-state index is -0.0794. The van der Waals surface area contributed by atoms with Crippen molar-refractivity contribution in [2.24, 2.45) is 0 Å². The number of fused-ring (bicyclic) bond motifs is 1. The number of carbonyl (C=O) groups excluding carboxylic acids is 1. The van der Waals surface area contributed by atoms with E-state index in [9.17, 15) is 4.79 Å². The lowest BCUT2D eigenvalue weighted by Crippen LogP contribution is -2.25. The molecular formula is C25H24ClN3O. The van der Waals surface area contributed by atoms with Crippen molar-refractivity contribution in [2.45, 2.75) is 25.8 Å². The second-order valence-corrected chi connectivity index (χ2v) is 7.71. The Hall–Kier alpha value is -3.11. The van der Waals surface area contributed by atoms with E-state index >= 15 is 0 Å². The third-order valence-electron chi connectivity index (χ3n) is 5.17. The molecule has 5 heteroatoms. The Bertz CT molecular complexity index is 1120. The van der Waals surface area contributed by atoms with E-state index in [1.54, 1.807) is 24.3 Å². The molecule has 0 saturated heterocycles. The molecule has 0 radical (unpaired) electrons. The zero-order valence-corrected chi connectivity index (χ0v) is 17.5. The van der Waals surface area contributed by atoms with Crippen molar-refractivity contribution < 1.29 is 4.79 Å². The topological polar surface area (TPSA) is 46.9 Å². The minimum Gasteiger partial charge on any atom is -0.352 e. The summed E-state index contributed by atoms with van der Waals surface area (Å²) in [4.78, 5) is 17.1. The fourth-order valence-corrected chi connectivity index (χ4v) is 3.73. The highest BCUT2D eigenvalue weighted by Gasteiger charge is 2.11. The number of aryl methyl sites for hydroxylation is 3. The molecule has 4 aromatic rings. The summed E-state index contributed by atoms with van der Waals surface area (Å²) >= 11 is 5.88. The van der Waals surface area contributed by atoms with Crippen molar-refractivity contribution in [3.63, 3.8) is 0 Å². The summed E-state index contributed by atoms with van der Waals surface area (Å²) in [6, 6.07) is 25.7. The van der Waals surface area contributed by atoms with Crippen LogP contribution in [0.4, 0.5) is 0 Å². The van der Waals surface area contributed by atoms with Gasteiger partial charge in [-0.05, 0) is 54.8 Å². The minimum absolute atomic E-state index is 0.0794. The summed E-state index contributed by atoms with van der Waals surface area (Å²) in [5, 5.41) is 3.61. The van der Waals surface area contributed by atoms with Crippen LogP contribution < -0.4 is 5.32 Å². The van der Waals surface area contributed by atoms with E-state index < -0.39 is 0 Å². The van der Waals surface area contributed by atoms with Crippen LogP contribution in [0.25, 0.3) is 11.0 Å². The Morgan fingerprint density at radius 1 is 0.900 bits per heavy atom. The number of rotatable bonds is 8. The van der Waals surface area contributed by atoms with Gasteiger partial charge in [-0.2, -0.15) is 0 Å². The van der Waals surface area contributed by atoms with Gasteiger partial charge in [0.15, 0.2) is 0 Å². The largest absolute Gasteiger partial charge is 0.352 e. The molecule has 0 spiro atoms. The van der Waals surface area contributed by atoms with E-state index in [0.29, 0.717) is 17.1 Å². The van der Waals surface area contributed by atoms with Crippen LogP contribution in [0.3, 0.4) is 0 Å². The molecule has 1 N–H and O–H groups in total. The molecule has 152 valence electrons. The van der Waals surface area contributed by atoms with Crippen molar-refractivity contribution in [1.82, 2.24) is 14.9 Å². The number of para-hydroxylation sites is 2. The molecule has 0 fully saturated rings. The number of halogens is 1. The molecule has 0 aliphatic rings. The summed E-state index contributed by atoms with van der Waals surface area (Å²) < 4.78 is 2.31. The van der Waals surface area contributed by atoms with Crippen molar-refractivity contribution in [1.29, 1.82) is 0 Å². The Kier molecular flexibility index (Phi) is 6.45. The Morgan fingerprint density at radius 2 is 1.63 bits per heavy atom. The van der Waals surface area contributed by atoms with E-state index in [2.05, 4.69) is 52.3 Å². The smallest absolute Gasteiger partial charge is 0.251 e. The molecule has 4 rings (SSSR count). The standard InChI is InChI=1S/C25H24ClN3O/c26-21-14-12-20(13-15-21)25(30)27-17-6-11-24-28-22-9-4-5-10-23(22)29(24)18-16-19-7-2-1-3-8-19/h1-5,7-10,12-15H,6,11,16-18H2,(H,27,30). The maximum atomic E-state index is 12.3. The first-order valence-corrected chi connectivity index (χ1v) is 10.6. The van der Waals surface area contributed by atoms with Crippen LogP contribution in [-0.2, 0) is 19.4 Å². The van der Waals surface area contributed by atoms with Gasteiger partial charge in [-0.15, -0.1) is 0 Å².